The number of hydrogen-bond acceptors (Lipinski definition) is 4. The number of thiophene rings is 1. The first-order valence-electron chi connectivity index (χ1n) is 9.31. The van der Waals surface area contributed by atoms with Crippen molar-refractivity contribution < 1.29 is 4.98 Å². The number of anilines is 1. The maximum atomic E-state index is 9.75. The molecule has 3 aromatic rings. The number of nitriles is 1. The molecule has 0 unspecified atom stereocenters. The number of thioether (sulfide) groups is 1. The lowest BCUT2D eigenvalue weighted by Gasteiger charge is -2.17. The lowest BCUT2D eigenvalue weighted by atomic mass is 9.89. The maximum absolute atomic E-state index is 9.75. The van der Waals surface area contributed by atoms with Crippen molar-refractivity contribution in [2.24, 2.45) is 0 Å². The summed E-state index contributed by atoms with van der Waals surface area (Å²) in [5, 5.41) is 10.5. The van der Waals surface area contributed by atoms with Gasteiger partial charge in [-0.2, -0.15) is 5.26 Å². The molecule has 2 aromatic heterocycles. The fraction of sp³-hybridized carbons (Fsp3) is 0.273. The molecule has 0 atom stereocenters. The molecular weight excluding hydrogens is 406 g/mol. The Morgan fingerprint density at radius 3 is 2.75 bits per heavy atom. The SMILES string of the molecule is Cc1sc(-c2c(C#N)c(N)[nH+]c3c2CCCC3)cc1CSc1ccc(Cl)cc1. The molecule has 28 heavy (non-hydrogen) atoms. The van der Waals surface area contributed by atoms with Crippen molar-refractivity contribution in [3.63, 3.8) is 0 Å². The Hall–Kier alpha value is -2.00. The summed E-state index contributed by atoms with van der Waals surface area (Å²) >= 11 is 9.54. The van der Waals surface area contributed by atoms with E-state index in [1.165, 1.54) is 33.0 Å². The number of nitrogens with one attached hydrogen (secondary N) is 1. The van der Waals surface area contributed by atoms with E-state index < -0.39 is 0 Å². The zero-order valence-corrected chi connectivity index (χ0v) is 18.0. The molecule has 1 aliphatic rings. The summed E-state index contributed by atoms with van der Waals surface area (Å²) < 4.78 is 0. The van der Waals surface area contributed by atoms with Crippen LogP contribution in [0.25, 0.3) is 10.4 Å². The minimum absolute atomic E-state index is 0.487. The zero-order valence-electron chi connectivity index (χ0n) is 15.6. The number of aromatic nitrogens is 1. The molecule has 0 bridgehead atoms. The van der Waals surface area contributed by atoms with Gasteiger partial charge in [0.05, 0.1) is 0 Å². The van der Waals surface area contributed by atoms with Crippen LogP contribution in [0, 0.1) is 18.3 Å². The van der Waals surface area contributed by atoms with Crippen molar-refractivity contribution in [3.8, 4) is 16.5 Å². The second kappa shape index (κ2) is 8.16. The number of nitrogen functional groups attached to an aromatic ring is 1. The number of hydrogen-bond donors (Lipinski definition) is 1. The Balaban J connectivity index is 1.69. The van der Waals surface area contributed by atoms with Gasteiger partial charge in [0.1, 0.15) is 17.3 Å². The molecule has 3 nitrogen and oxygen atoms in total. The number of halogens is 1. The number of pyridine rings is 1. The second-order valence-electron chi connectivity index (χ2n) is 7.00. The third-order valence-corrected chi connectivity index (χ3v) is 7.58. The van der Waals surface area contributed by atoms with Gasteiger partial charge in [0.15, 0.2) is 0 Å². The molecule has 0 radical (unpaired) electrons. The predicted molar refractivity (Wildman–Crippen MR) is 118 cm³/mol. The van der Waals surface area contributed by atoms with Crippen LogP contribution in [0.4, 0.5) is 5.82 Å². The highest BCUT2D eigenvalue weighted by molar-refractivity contribution is 7.98. The summed E-state index contributed by atoms with van der Waals surface area (Å²) in [6, 6.07) is 12.5. The van der Waals surface area contributed by atoms with Crippen LogP contribution in [-0.4, -0.2) is 0 Å². The summed E-state index contributed by atoms with van der Waals surface area (Å²) in [5.74, 6) is 1.38. The van der Waals surface area contributed by atoms with Gasteiger partial charge in [0.25, 0.3) is 5.82 Å². The highest BCUT2D eigenvalue weighted by Gasteiger charge is 2.26. The van der Waals surface area contributed by atoms with Gasteiger partial charge < -0.3 is 0 Å². The Kier molecular flexibility index (Phi) is 5.63. The van der Waals surface area contributed by atoms with Gasteiger partial charge in [-0.05, 0) is 62.1 Å². The van der Waals surface area contributed by atoms with Crippen molar-refractivity contribution in [1.29, 1.82) is 5.26 Å². The third kappa shape index (κ3) is 3.77. The molecule has 0 saturated carbocycles. The standard InChI is InChI=1S/C22H20ClN3S2/c1-13-14(12-27-16-8-6-15(23)7-9-16)10-20(28-13)21-17-4-2-3-5-19(17)26-22(25)18(21)11-24/h6-10H,2-5,12H2,1H3,(H2,25,26)/p+1. The summed E-state index contributed by atoms with van der Waals surface area (Å²) in [4.78, 5) is 6.91. The fourth-order valence-corrected chi connectivity index (χ4v) is 5.98. The summed E-state index contributed by atoms with van der Waals surface area (Å²) in [6.07, 6.45) is 4.33. The van der Waals surface area contributed by atoms with E-state index in [-0.39, 0.29) is 0 Å². The predicted octanol–water partition coefficient (Wildman–Crippen LogP) is 5.82. The van der Waals surface area contributed by atoms with Crippen molar-refractivity contribution >= 4 is 40.5 Å². The molecule has 1 aliphatic carbocycles. The quantitative estimate of drug-likeness (QED) is 0.535. The highest BCUT2D eigenvalue weighted by atomic mass is 35.5. The molecule has 0 saturated heterocycles. The average Bonchev–Trinajstić information content (AvgIpc) is 3.06. The molecule has 0 fully saturated rings. The van der Waals surface area contributed by atoms with E-state index in [1.54, 1.807) is 23.1 Å². The lowest BCUT2D eigenvalue weighted by molar-refractivity contribution is -0.374. The number of aryl methyl sites for hydroxylation is 2. The van der Waals surface area contributed by atoms with Gasteiger partial charge in [-0.25, -0.2) is 4.98 Å². The van der Waals surface area contributed by atoms with Crippen LogP contribution >= 0.6 is 34.7 Å². The van der Waals surface area contributed by atoms with E-state index in [2.05, 4.69) is 24.0 Å². The number of rotatable bonds is 4. The van der Waals surface area contributed by atoms with Crippen LogP contribution in [0.3, 0.4) is 0 Å². The third-order valence-electron chi connectivity index (χ3n) is 5.16. The Bertz CT molecular complexity index is 1060. The van der Waals surface area contributed by atoms with E-state index in [1.807, 2.05) is 24.3 Å². The molecule has 2 heterocycles. The van der Waals surface area contributed by atoms with Crippen LogP contribution in [0.15, 0.2) is 35.2 Å². The lowest BCUT2D eigenvalue weighted by Crippen LogP contribution is -2.24. The maximum Gasteiger partial charge on any atom is 0.289 e. The van der Waals surface area contributed by atoms with Gasteiger partial charge in [-0.3, -0.25) is 5.73 Å². The smallest absolute Gasteiger partial charge is 0.286 e. The minimum Gasteiger partial charge on any atom is -0.286 e. The molecular formula is C22H21ClN3S2+. The summed E-state index contributed by atoms with van der Waals surface area (Å²) in [6.45, 7) is 2.16. The molecule has 6 heteroatoms. The van der Waals surface area contributed by atoms with Crippen molar-refractivity contribution in [2.45, 2.75) is 43.3 Å². The normalized spacial score (nSPS) is 13.2. The van der Waals surface area contributed by atoms with E-state index in [4.69, 9.17) is 17.3 Å². The first kappa shape index (κ1) is 19.3. The van der Waals surface area contributed by atoms with Gasteiger partial charge >= 0.3 is 0 Å². The summed E-state index contributed by atoms with van der Waals surface area (Å²) in [7, 11) is 0. The molecule has 1 aromatic carbocycles. The molecule has 3 N–H and O–H groups in total. The van der Waals surface area contributed by atoms with Crippen LogP contribution in [0.2, 0.25) is 5.02 Å². The molecule has 0 amide bonds. The number of benzene rings is 1. The van der Waals surface area contributed by atoms with Crippen molar-refractivity contribution in [2.75, 3.05) is 5.73 Å². The van der Waals surface area contributed by atoms with Crippen molar-refractivity contribution in [3.05, 3.63) is 62.6 Å². The van der Waals surface area contributed by atoms with Gasteiger partial charge in [-0.15, -0.1) is 23.1 Å². The number of nitrogens with zero attached hydrogens (tertiary/aromatic N) is 1. The van der Waals surface area contributed by atoms with Crippen LogP contribution in [-0.2, 0) is 18.6 Å². The van der Waals surface area contributed by atoms with Crippen LogP contribution in [0.1, 0.15) is 40.1 Å². The molecule has 0 aliphatic heterocycles. The number of nitrogens with two attached hydrogens (primary N) is 1. The minimum atomic E-state index is 0.487. The van der Waals surface area contributed by atoms with Gasteiger partial charge in [0.2, 0.25) is 0 Å². The largest absolute Gasteiger partial charge is 0.289 e. The van der Waals surface area contributed by atoms with Crippen LogP contribution < -0.4 is 10.7 Å². The zero-order chi connectivity index (χ0) is 19.7. The monoisotopic (exact) mass is 426 g/mol. The average molecular weight is 427 g/mol. The first-order chi connectivity index (χ1) is 13.6. The summed E-state index contributed by atoms with van der Waals surface area (Å²) in [5.41, 5.74) is 11.6. The topological polar surface area (TPSA) is 64.0 Å². The van der Waals surface area contributed by atoms with E-state index in [9.17, 15) is 5.26 Å². The van der Waals surface area contributed by atoms with Gasteiger partial charge in [-0.1, -0.05) is 11.6 Å². The molecule has 4 rings (SSSR count). The van der Waals surface area contributed by atoms with Crippen LogP contribution in [0.5, 0.6) is 0 Å². The highest BCUT2D eigenvalue weighted by Crippen LogP contribution is 2.40. The number of fused-ring (bicyclic) bond motifs is 1. The second-order valence-corrected chi connectivity index (χ2v) is 9.74. The first-order valence-corrected chi connectivity index (χ1v) is 11.5. The molecule has 0 spiro atoms. The van der Waals surface area contributed by atoms with E-state index >= 15 is 0 Å². The van der Waals surface area contributed by atoms with Crippen molar-refractivity contribution in [1.82, 2.24) is 0 Å². The van der Waals surface area contributed by atoms with E-state index in [0.717, 1.165) is 40.5 Å². The Morgan fingerprint density at radius 2 is 2.00 bits per heavy atom. The Morgan fingerprint density at radius 1 is 1.25 bits per heavy atom. The number of H-pyrrole nitrogens is 1. The van der Waals surface area contributed by atoms with Gasteiger partial charge in [0, 0.05) is 43.0 Å². The fourth-order valence-electron chi connectivity index (χ4n) is 3.70. The molecule has 142 valence electrons. The van der Waals surface area contributed by atoms with E-state index in [0.29, 0.717) is 11.4 Å². The Labute approximate surface area is 178 Å². The number of aromatic amines is 1.